The highest BCUT2D eigenvalue weighted by atomic mass is 16.2. The molecule has 198 valence electrons. The molecule has 0 aliphatic rings. The van der Waals surface area contributed by atoms with Crippen LogP contribution in [0.2, 0.25) is 0 Å². The zero-order chi connectivity index (χ0) is 26.9. The average molecular weight is 502 g/mol. The van der Waals surface area contributed by atoms with E-state index in [1.165, 1.54) is 18.2 Å². The normalized spacial score (nSPS) is 10.4. The van der Waals surface area contributed by atoms with Gasteiger partial charge in [0.05, 0.1) is 0 Å². The van der Waals surface area contributed by atoms with E-state index in [1.807, 2.05) is 0 Å². The highest BCUT2D eigenvalue weighted by Gasteiger charge is 2.16. The molecular weight excluding hydrogens is 462 g/mol. The molecule has 36 heavy (non-hydrogen) atoms. The Kier molecular flexibility index (Phi) is 14.6. The SMILES string of the molecule is CCC(=O)CCCNC(=O)c1cc(C(=O)NCCCC(=O)CC)cc(C(=O)NCCCC(=O)CC)c1. The third-order valence-electron chi connectivity index (χ3n) is 5.66. The standard InChI is InChI=1S/C27H39N3O6/c1-4-22(31)10-7-13-28-25(34)19-16-20(26(35)29-14-8-11-23(32)5-2)18-21(17-19)27(36)30-15-9-12-24(33)6-3/h16-18H,4-15H2,1-3H3,(H,28,34)(H,29,35)(H,30,36). The van der Waals surface area contributed by atoms with Gasteiger partial charge in [-0.3, -0.25) is 28.8 Å². The van der Waals surface area contributed by atoms with Crippen LogP contribution in [0.25, 0.3) is 0 Å². The molecular formula is C27H39N3O6. The maximum atomic E-state index is 12.7. The van der Waals surface area contributed by atoms with Crippen LogP contribution >= 0.6 is 0 Å². The van der Waals surface area contributed by atoms with Gasteiger partial charge in [-0.2, -0.15) is 0 Å². The first-order valence-electron chi connectivity index (χ1n) is 12.8. The van der Waals surface area contributed by atoms with Gasteiger partial charge < -0.3 is 16.0 Å². The highest BCUT2D eigenvalue weighted by molar-refractivity contribution is 6.04. The maximum Gasteiger partial charge on any atom is 0.251 e. The second-order valence-electron chi connectivity index (χ2n) is 8.55. The van der Waals surface area contributed by atoms with E-state index in [9.17, 15) is 28.8 Å². The lowest BCUT2D eigenvalue weighted by Gasteiger charge is -2.11. The Bertz CT molecular complexity index is 810. The number of nitrogens with one attached hydrogen (secondary N) is 3. The van der Waals surface area contributed by atoms with Gasteiger partial charge in [0.2, 0.25) is 0 Å². The van der Waals surface area contributed by atoms with Gasteiger partial charge in [-0.15, -0.1) is 0 Å². The summed E-state index contributed by atoms with van der Waals surface area (Å²) >= 11 is 0. The molecule has 0 aromatic heterocycles. The summed E-state index contributed by atoms with van der Waals surface area (Å²) in [6.45, 7) is 6.23. The van der Waals surface area contributed by atoms with Gasteiger partial charge in [-0.05, 0) is 37.5 Å². The summed E-state index contributed by atoms with van der Waals surface area (Å²) in [5.41, 5.74) is 0.450. The van der Waals surface area contributed by atoms with Crippen molar-refractivity contribution in [2.24, 2.45) is 0 Å². The van der Waals surface area contributed by atoms with Crippen LogP contribution in [-0.2, 0) is 14.4 Å². The number of benzene rings is 1. The van der Waals surface area contributed by atoms with Crippen LogP contribution < -0.4 is 16.0 Å². The van der Waals surface area contributed by atoms with Gasteiger partial charge >= 0.3 is 0 Å². The monoisotopic (exact) mass is 501 g/mol. The molecule has 1 aromatic carbocycles. The van der Waals surface area contributed by atoms with Crippen LogP contribution in [0.15, 0.2) is 18.2 Å². The number of hydrogen-bond donors (Lipinski definition) is 3. The van der Waals surface area contributed by atoms with E-state index in [0.29, 0.717) is 77.4 Å². The minimum atomic E-state index is -0.454. The molecule has 1 rings (SSSR count). The summed E-state index contributed by atoms with van der Waals surface area (Å²) in [5, 5.41) is 8.17. The van der Waals surface area contributed by atoms with Crippen molar-refractivity contribution in [2.45, 2.75) is 78.6 Å². The summed E-state index contributed by atoms with van der Waals surface area (Å²) in [4.78, 5) is 72.5. The zero-order valence-corrected chi connectivity index (χ0v) is 21.7. The molecule has 0 fully saturated rings. The summed E-state index contributed by atoms with van der Waals surface area (Å²) in [5.74, 6) is -1.02. The lowest BCUT2D eigenvalue weighted by Crippen LogP contribution is -2.29. The Morgan fingerprint density at radius 2 is 0.750 bits per heavy atom. The molecule has 0 radical (unpaired) electrons. The van der Waals surface area contributed by atoms with Gasteiger partial charge in [0.15, 0.2) is 0 Å². The van der Waals surface area contributed by atoms with Crippen LogP contribution in [0.4, 0.5) is 0 Å². The summed E-state index contributed by atoms with van der Waals surface area (Å²) < 4.78 is 0. The molecule has 9 nitrogen and oxygen atoms in total. The van der Waals surface area contributed by atoms with Gasteiger partial charge in [0.1, 0.15) is 17.3 Å². The van der Waals surface area contributed by atoms with Crippen LogP contribution in [0.5, 0.6) is 0 Å². The van der Waals surface area contributed by atoms with Crippen LogP contribution in [0, 0.1) is 0 Å². The van der Waals surface area contributed by atoms with Crippen molar-refractivity contribution in [2.75, 3.05) is 19.6 Å². The van der Waals surface area contributed by atoms with E-state index in [2.05, 4.69) is 16.0 Å². The number of Topliss-reactive ketones (excluding diaryl/α,β-unsaturated/α-hetero) is 3. The van der Waals surface area contributed by atoms with E-state index in [1.54, 1.807) is 20.8 Å². The Balaban J connectivity index is 2.91. The van der Waals surface area contributed by atoms with E-state index in [4.69, 9.17) is 0 Å². The topological polar surface area (TPSA) is 139 Å². The lowest BCUT2D eigenvalue weighted by molar-refractivity contribution is -0.119. The largest absolute Gasteiger partial charge is 0.352 e. The van der Waals surface area contributed by atoms with E-state index < -0.39 is 17.7 Å². The van der Waals surface area contributed by atoms with E-state index >= 15 is 0 Å². The molecule has 0 unspecified atom stereocenters. The minimum absolute atomic E-state index is 0.114. The minimum Gasteiger partial charge on any atom is -0.352 e. The van der Waals surface area contributed by atoms with Crippen molar-refractivity contribution < 1.29 is 28.8 Å². The molecule has 3 N–H and O–H groups in total. The molecule has 0 saturated carbocycles. The maximum absolute atomic E-state index is 12.7. The molecule has 0 saturated heterocycles. The average Bonchev–Trinajstić information content (AvgIpc) is 2.89. The number of carbonyl (C=O) groups is 6. The Morgan fingerprint density at radius 3 is 0.972 bits per heavy atom. The molecule has 0 atom stereocenters. The Labute approximate surface area is 213 Å². The van der Waals surface area contributed by atoms with Crippen molar-refractivity contribution in [3.8, 4) is 0 Å². The van der Waals surface area contributed by atoms with Crippen LogP contribution in [0.3, 0.4) is 0 Å². The summed E-state index contributed by atoms with van der Waals surface area (Å²) in [6.07, 6.45) is 3.95. The quantitative estimate of drug-likeness (QED) is 0.264. The Hall–Kier alpha value is -3.36. The van der Waals surface area contributed by atoms with Gasteiger partial charge in [0, 0.05) is 74.8 Å². The van der Waals surface area contributed by atoms with E-state index in [0.717, 1.165) is 0 Å². The number of hydrogen-bond acceptors (Lipinski definition) is 6. The van der Waals surface area contributed by atoms with E-state index in [-0.39, 0.29) is 34.0 Å². The van der Waals surface area contributed by atoms with Crippen molar-refractivity contribution in [1.29, 1.82) is 0 Å². The first kappa shape index (κ1) is 30.7. The highest BCUT2D eigenvalue weighted by Crippen LogP contribution is 2.12. The number of carbonyl (C=O) groups excluding carboxylic acids is 6. The summed E-state index contributed by atoms with van der Waals surface area (Å²) in [6, 6.07) is 4.24. The van der Waals surface area contributed by atoms with Crippen LogP contribution in [-0.4, -0.2) is 54.7 Å². The third kappa shape index (κ3) is 11.9. The fourth-order valence-electron chi connectivity index (χ4n) is 3.32. The second kappa shape index (κ2) is 17.1. The number of ketones is 3. The molecule has 0 bridgehead atoms. The van der Waals surface area contributed by atoms with Gasteiger partial charge in [0.25, 0.3) is 17.7 Å². The predicted octanol–water partition coefficient (Wildman–Crippen LogP) is 3.15. The molecule has 1 aromatic rings. The number of amides is 3. The predicted molar refractivity (Wildman–Crippen MR) is 137 cm³/mol. The summed E-state index contributed by atoms with van der Waals surface area (Å²) in [7, 11) is 0. The van der Waals surface area contributed by atoms with Gasteiger partial charge in [-0.25, -0.2) is 0 Å². The first-order valence-corrected chi connectivity index (χ1v) is 12.8. The molecule has 0 spiro atoms. The molecule has 0 aliphatic carbocycles. The molecule has 0 heterocycles. The zero-order valence-electron chi connectivity index (χ0n) is 21.7. The fourth-order valence-corrected chi connectivity index (χ4v) is 3.32. The molecule has 3 amide bonds. The molecule has 0 aliphatic heterocycles. The molecule has 9 heteroatoms. The van der Waals surface area contributed by atoms with Crippen LogP contribution in [0.1, 0.15) is 110 Å². The smallest absolute Gasteiger partial charge is 0.251 e. The second-order valence-corrected chi connectivity index (χ2v) is 8.55. The fraction of sp³-hybridized carbons (Fsp3) is 0.556. The van der Waals surface area contributed by atoms with Crippen molar-refractivity contribution in [1.82, 2.24) is 16.0 Å². The van der Waals surface area contributed by atoms with Crippen molar-refractivity contribution in [3.63, 3.8) is 0 Å². The first-order chi connectivity index (χ1) is 17.2. The Morgan fingerprint density at radius 1 is 0.500 bits per heavy atom. The van der Waals surface area contributed by atoms with Crippen molar-refractivity contribution in [3.05, 3.63) is 34.9 Å². The lowest BCUT2D eigenvalue weighted by atomic mass is 10.0. The third-order valence-corrected chi connectivity index (χ3v) is 5.66. The number of rotatable bonds is 18. The van der Waals surface area contributed by atoms with Gasteiger partial charge in [-0.1, -0.05) is 20.8 Å². The van der Waals surface area contributed by atoms with Crippen molar-refractivity contribution >= 4 is 35.1 Å².